The van der Waals surface area contributed by atoms with Gasteiger partial charge in [-0.2, -0.15) is 0 Å². The zero-order chi connectivity index (χ0) is 19.5. The number of hydrogen-bond donors (Lipinski definition) is 2. The van der Waals surface area contributed by atoms with Crippen LogP contribution in [0.5, 0.6) is 0 Å². The Morgan fingerprint density at radius 3 is 2.61 bits per heavy atom. The fourth-order valence-corrected chi connectivity index (χ4v) is 3.58. The summed E-state index contributed by atoms with van der Waals surface area (Å²) in [7, 11) is 0. The fraction of sp³-hybridized carbons (Fsp3) is 0.238. The van der Waals surface area contributed by atoms with E-state index in [-0.39, 0.29) is 0 Å². The van der Waals surface area contributed by atoms with Gasteiger partial charge in [0.1, 0.15) is 11.3 Å². The van der Waals surface area contributed by atoms with Crippen LogP contribution in [0.1, 0.15) is 19.3 Å². The standard InChI is InChI=1S/C21H20ClFN4O/c22-16-6-2-3-7-18(16)25-21(28)24-15-12-14-8-9-19(26-20(14)17(23)13-15)27-10-4-1-5-11-27/h2-3,6-9,12-13H,1,4-5,10-11H2,(H2,24,25,28). The number of rotatable bonds is 3. The zero-order valence-electron chi connectivity index (χ0n) is 15.2. The number of para-hydroxylation sites is 1. The van der Waals surface area contributed by atoms with Crippen LogP contribution in [-0.2, 0) is 0 Å². The number of pyridine rings is 1. The highest BCUT2D eigenvalue weighted by molar-refractivity contribution is 6.33. The van der Waals surface area contributed by atoms with Crippen LogP contribution in [0.3, 0.4) is 0 Å². The molecule has 1 aliphatic heterocycles. The van der Waals surface area contributed by atoms with Crippen LogP contribution in [0.15, 0.2) is 48.5 Å². The third-order valence-electron chi connectivity index (χ3n) is 4.79. The molecule has 0 spiro atoms. The monoisotopic (exact) mass is 398 g/mol. The minimum Gasteiger partial charge on any atom is -0.357 e. The summed E-state index contributed by atoms with van der Waals surface area (Å²) in [6, 6.07) is 13.1. The lowest BCUT2D eigenvalue weighted by Crippen LogP contribution is -2.30. The third kappa shape index (κ3) is 4.02. The summed E-state index contributed by atoms with van der Waals surface area (Å²) in [5, 5.41) is 6.35. The second kappa shape index (κ2) is 8.02. The Bertz CT molecular complexity index is 1020. The summed E-state index contributed by atoms with van der Waals surface area (Å²) in [6.45, 7) is 1.89. The summed E-state index contributed by atoms with van der Waals surface area (Å²) >= 11 is 6.04. The molecule has 0 bridgehead atoms. The molecule has 0 aliphatic carbocycles. The summed E-state index contributed by atoms with van der Waals surface area (Å²) in [5.41, 5.74) is 1.14. The van der Waals surface area contributed by atoms with E-state index in [1.165, 1.54) is 12.5 Å². The van der Waals surface area contributed by atoms with Crippen molar-refractivity contribution in [3.8, 4) is 0 Å². The van der Waals surface area contributed by atoms with Gasteiger partial charge in [-0.1, -0.05) is 23.7 Å². The first kappa shape index (κ1) is 18.5. The lowest BCUT2D eigenvalue weighted by molar-refractivity contribution is 0.262. The van der Waals surface area contributed by atoms with Gasteiger partial charge < -0.3 is 15.5 Å². The molecule has 28 heavy (non-hydrogen) atoms. The maximum Gasteiger partial charge on any atom is 0.323 e. The Balaban J connectivity index is 1.53. The van der Waals surface area contributed by atoms with Gasteiger partial charge in [0.25, 0.3) is 0 Å². The van der Waals surface area contributed by atoms with Crippen molar-refractivity contribution >= 4 is 45.7 Å². The molecule has 0 atom stereocenters. The Hall–Kier alpha value is -2.86. The first-order valence-electron chi connectivity index (χ1n) is 9.28. The first-order chi connectivity index (χ1) is 13.6. The smallest absolute Gasteiger partial charge is 0.323 e. The van der Waals surface area contributed by atoms with Crippen molar-refractivity contribution in [2.45, 2.75) is 19.3 Å². The number of carbonyl (C=O) groups excluding carboxylic acids is 1. The minimum atomic E-state index is -0.496. The number of nitrogens with one attached hydrogen (secondary N) is 2. The van der Waals surface area contributed by atoms with Gasteiger partial charge in [0, 0.05) is 24.2 Å². The van der Waals surface area contributed by atoms with Gasteiger partial charge in [-0.25, -0.2) is 14.2 Å². The van der Waals surface area contributed by atoms with Gasteiger partial charge in [-0.05, 0) is 55.7 Å². The number of piperidine rings is 1. The van der Waals surface area contributed by atoms with E-state index in [4.69, 9.17) is 11.6 Å². The lowest BCUT2D eigenvalue weighted by atomic mass is 10.1. The second-order valence-electron chi connectivity index (χ2n) is 6.81. The van der Waals surface area contributed by atoms with Gasteiger partial charge in [0.2, 0.25) is 0 Å². The molecule has 1 aliphatic rings. The molecular formula is C21H20ClFN4O. The second-order valence-corrected chi connectivity index (χ2v) is 7.21. The molecule has 144 valence electrons. The zero-order valence-corrected chi connectivity index (χ0v) is 16.0. The van der Waals surface area contributed by atoms with Crippen LogP contribution in [0.25, 0.3) is 10.9 Å². The van der Waals surface area contributed by atoms with E-state index in [1.807, 2.05) is 12.1 Å². The molecule has 2 amide bonds. The van der Waals surface area contributed by atoms with Crippen molar-refractivity contribution in [2.24, 2.45) is 0 Å². The SMILES string of the molecule is O=C(Nc1cc(F)c2nc(N3CCCCC3)ccc2c1)Nc1ccccc1Cl. The number of nitrogens with zero attached hydrogens (tertiary/aromatic N) is 2. The molecule has 7 heteroatoms. The predicted molar refractivity (Wildman–Crippen MR) is 112 cm³/mol. The Morgan fingerprint density at radius 1 is 1.04 bits per heavy atom. The highest BCUT2D eigenvalue weighted by Gasteiger charge is 2.15. The molecule has 0 unspecified atom stereocenters. The van der Waals surface area contributed by atoms with E-state index < -0.39 is 11.8 Å². The van der Waals surface area contributed by atoms with E-state index >= 15 is 0 Å². The summed E-state index contributed by atoms with van der Waals surface area (Å²) in [6.07, 6.45) is 3.49. The van der Waals surface area contributed by atoms with Crippen LogP contribution in [0, 0.1) is 5.82 Å². The third-order valence-corrected chi connectivity index (χ3v) is 5.12. The summed E-state index contributed by atoms with van der Waals surface area (Å²) < 4.78 is 14.7. The minimum absolute atomic E-state index is 0.306. The number of urea groups is 1. The van der Waals surface area contributed by atoms with Crippen molar-refractivity contribution in [3.05, 3.63) is 59.4 Å². The van der Waals surface area contributed by atoms with Crippen molar-refractivity contribution in [3.63, 3.8) is 0 Å². The average molecular weight is 399 g/mol. The fourth-order valence-electron chi connectivity index (χ4n) is 3.40. The maximum absolute atomic E-state index is 14.7. The predicted octanol–water partition coefficient (Wildman–Crippen LogP) is 5.66. The maximum atomic E-state index is 14.7. The highest BCUT2D eigenvalue weighted by Crippen LogP contribution is 2.26. The number of halogens is 2. The first-order valence-corrected chi connectivity index (χ1v) is 9.66. The van der Waals surface area contributed by atoms with Gasteiger partial charge in [-0.3, -0.25) is 0 Å². The number of carbonyl (C=O) groups is 1. The van der Waals surface area contributed by atoms with Crippen LogP contribution >= 0.6 is 11.6 Å². The Morgan fingerprint density at radius 2 is 1.82 bits per heavy atom. The largest absolute Gasteiger partial charge is 0.357 e. The van der Waals surface area contributed by atoms with E-state index in [9.17, 15) is 9.18 Å². The van der Waals surface area contributed by atoms with Crippen molar-refractivity contribution in [1.82, 2.24) is 4.98 Å². The van der Waals surface area contributed by atoms with Gasteiger partial charge in [-0.15, -0.1) is 0 Å². The molecule has 2 aromatic carbocycles. The number of amides is 2. The molecule has 0 saturated carbocycles. The number of benzene rings is 2. The van der Waals surface area contributed by atoms with Crippen LogP contribution in [0.2, 0.25) is 5.02 Å². The van der Waals surface area contributed by atoms with Gasteiger partial charge in [0.15, 0.2) is 5.82 Å². The molecule has 2 N–H and O–H groups in total. The van der Waals surface area contributed by atoms with E-state index in [0.29, 0.717) is 27.3 Å². The number of aromatic nitrogens is 1. The van der Waals surface area contributed by atoms with E-state index in [0.717, 1.165) is 31.7 Å². The molecule has 1 aromatic heterocycles. The lowest BCUT2D eigenvalue weighted by Gasteiger charge is -2.27. The van der Waals surface area contributed by atoms with Gasteiger partial charge in [0.05, 0.1) is 10.7 Å². The molecule has 2 heterocycles. The number of fused-ring (bicyclic) bond motifs is 1. The topological polar surface area (TPSA) is 57.3 Å². The molecule has 0 radical (unpaired) electrons. The molecule has 5 nitrogen and oxygen atoms in total. The molecular weight excluding hydrogens is 379 g/mol. The van der Waals surface area contributed by atoms with Crippen molar-refractivity contribution in [1.29, 1.82) is 0 Å². The molecule has 1 saturated heterocycles. The van der Waals surface area contributed by atoms with Gasteiger partial charge >= 0.3 is 6.03 Å². The van der Waals surface area contributed by atoms with Crippen molar-refractivity contribution < 1.29 is 9.18 Å². The summed E-state index contributed by atoms with van der Waals surface area (Å²) in [4.78, 5) is 18.9. The summed E-state index contributed by atoms with van der Waals surface area (Å²) in [5.74, 6) is 0.327. The van der Waals surface area contributed by atoms with Crippen LogP contribution < -0.4 is 15.5 Å². The molecule has 1 fully saturated rings. The van der Waals surface area contributed by atoms with E-state index in [1.54, 1.807) is 30.3 Å². The number of anilines is 3. The highest BCUT2D eigenvalue weighted by atomic mass is 35.5. The van der Waals surface area contributed by atoms with Crippen molar-refractivity contribution in [2.75, 3.05) is 28.6 Å². The Kier molecular flexibility index (Phi) is 5.30. The number of hydrogen-bond acceptors (Lipinski definition) is 3. The van der Waals surface area contributed by atoms with Crippen LogP contribution in [0.4, 0.5) is 26.4 Å². The van der Waals surface area contributed by atoms with E-state index in [2.05, 4.69) is 20.5 Å². The quantitative estimate of drug-likeness (QED) is 0.598. The Labute approximate surface area is 167 Å². The molecule has 4 rings (SSSR count). The average Bonchev–Trinajstić information content (AvgIpc) is 2.70. The molecule has 3 aromatic rings. The normalized spacial score (nSPS) is 14.1. The van der Waals surface area contributed by atoms with Crippen LogP contribution in [-0.4, -0.2) is 24.1 Å².